The highest BCUT2D eigenvalue weighted by molar-refractivity contribution is 7.86. The van der Waals surface area contributed by atoms with E-state index in [1.54, 1.807) is 6.08 Å². The van der Waals surface area contributed by atoms with Crippen LogP contribution < -0.4 is 0 Å². The number of epoxide rings is 1. The van der Waals surface area contributed by atoms with Crippen LogP contribution in [-0.4, -0.2) is 15.2 Å². The van der Waals surface area contributed by atoms with Crippen LogP contribution in [0.3, 0.4) is 0 Å². The van der Waals surface area contributed by atoms with E-state index in [-0.39, 0.29) is 6.10 Å². The molecule has 1 aromatic rings. The maximum atomic E-state index is 12.6. The molecule has 0 radical (unpaired) electrons. The first-order valence-corrected chi connectivity index (χ1v) is 7.59. The van der Waals surface area contributed by atoms with Gasteiger partial charge < -0.3 is 4.74 Å². The Balaban J connectivity index is 2.12. The minimum atomic E-state index is -1.16. The third kappa shape index (κ3) is 2.43. The van der Waals surface area contributed by atoms with Crippen molar-refractivity contribution in [2.24, 2.45) is 0 Å². The fourth-order valence-electron chi connectivity index (χ4n) is 2.10. The molecule has 0 spiro atoms. The van der Waals surface area contributed by atoms with Crippen LogP contribution in [0.5, 0.6) is 0 Å². The van der Waals surface area contributed by atoms with E-state index in [9.17, 15) is 4.21 Å². The van der Waals surface area contributed by atoms with E-state index in [1.807, 2.05) is 31.2 Å². The summed E-state index contributed by atoms with van der Waals surface area (Å²) in [7, 11) is -1.16. The van der Waals surface area contributed by atoms with Gasteiger partial charge in [-0.25, -0.2) is 0 Å². The monoisotopic (exact) mass is 264 g/mol. The molecule has 0 aliphatic carbocycles. The fraction of sp³-hybridized carbons (Fsp3) is 0.467. The van der Waals surface area contributed by atoms with Gasteiger partial charge in [-0.05, 0) is 31.6 Å². The van der Waals surface area contributed by atoms with Crippen LogP contribution in [0.4, 0.5) is 0 Å². The molecule has 18 heavy (non-hydrogen) atoms. The zero-order valence-corrected chi connectivity index (χ0v) is 11.8. The first-order chi connectivity index (χ1) is 8.64. The molecule has 2 rings (SSSR count). The number of ether oxygens (including phenoxy) is 1. The van der Waals surface area contributed by atoms with Gasteiger partial charge >= 0.3 is 0 Å². The largest absolute Gasteiger partial charge is 0.347 e. The van der Waals surface area contributed by atoms with Crippen LogP contribution in [0.2, 0.25) is 0 Å². The molecule has 1 unspecified atom stereocenters. The van der Waals surface area contributed by atoms with E-state index in [2.05, 4.69) is 13.5 Å². The van der Waals surface area contributed by atoms with Gasteiger partial charge in [0.25, 0.3) is 0 Å². The second-order valence-corrected chi connectivity index (χ2v) is 6.40. The third-order valence-corrected chi connectivity index (χ3v) is 5.15. The maximum Gasteiger partial charge on any atom is 0.191 e. The second-order valence-electron chi connectivity index (χ2n) is 4.76. The van der Waals surface area contributed by atoms with Crippen LogP contribution >= 0.6 is 0 Å². The van der Waals surface area contributed by atoms with Crippen molar-refractivity contribution in [3.05, 3.63) is 42.5 Å². The summed E-state index contributed by atoms with van der Waals surface area (Å²) in [5, 5.41) is 0. The summed E-state index contributed by atoms with van der Waals surface area (Å²) >= 11 is 0. The Bertz CT molecular complexity index is 452. The minimum absolute atomic E-state index is 0.0667. The average molecular weight is 264 g/mol. The van der Waals surface area contributed by atoms with Crippen LogP contribution in [0.1, 0.15) is 31.7 Å². The van der Waals surface area contributed by atoms with Crippen molar-refractivity contribution in [1.29, 1.82) is 0 Å². The van der Waals surface area contributed by atoms with E-state index in [1.165, 1.54) is 5.56 Å². The third-order valence-electron chi connectivity index (χ3n) is 3.35. The predicted octanol–water partition coefficient (Wildman–Crippen LogP) is 3.57. The summed E-state index contributed by atoms with van der Waals surface area (Å²) < 4.78 is 18.2. The van der Waals surface area contributed by atoms with Crippen molar-refractivity contribution in [3.63, 3.8) is 0 Å². The standard InChI is InChI=1S/C15H20O2S/c1-4-6-7-14-15(5-2,17-14)18(16)13-10-8-12(3)9-11-13/h5,8-11,14H,2,4,6-7H2,1,3H3/t14-,15-,18?/m1/s1. The minimum Gasteiger partial charge on any atom is -0.347 e. The van der Waals surface area contributed by atoms with Crippen molar-refractivity contribution in [1.82, 2.24) is 0 Å². The molecule has 0 amide bonds. The molecule has 3 heteroatoms. The molecule has 1 aromatic carbocycles. The Morgan fingerprint density at radius 2 is 2.11 bits per heavy atom. The van der Waals surface area contributed by atoms with Crippen LogP contribution in [-0.2, 0) is 15.5 Å². The Hall–Kier alpha value is -0.930. The topological polar surface area (TPSA) is 29.6 Å². The van der Waals surface area contributed by atoms with E-state index in [0.29, 0.717) is 0 Å². The highest BCUT2D eigenvalue weighted by Gasteiger charge is 2.58. The van der Waals surface area contributed by atoms with Gasteiger partial charge in [0.2, 0.25) is 0 Å². The Kier molecular flexibility index (Phi) is 4.03. The number of unbranched alkanes of at least 4 members (excludes halogenated alkanes) is 1. The van der Waals surface area contributed by atoms with E-state index < -0.39 is 15.7 Å². The van der Waals surface area contributed by atoms with Gasteiger partial charge in [-0.2, -0.15) is 0 Å². The quantitative estimate of drug-likeness (QED) is 0.580. The highest BCUT2D eigenvalue weighted by Crippen LogP contribution is 2.46. The molecule has 1 saturated heterocycles. The molecule has 1 heterocycles. The summed E-state index contributed by atoms with van der Waals surface area (Å²) in [5.41, 5.74) is 1.17. The van der Waals surface area contributed by atoms with Gasteiger partial charge in [0.05, 0.1) is 10.8 Å². The highest BCUT2D eigenvalue weighted by atomic mass is 32.2. The lowest BCUT2D eigenvalue weighted by Crippen LogP contribution is -2.19. The van der Waals surface area contributed by atoms with Crippen molar-refractivity contribution in [3.8, 4) is 0 Å². The molecule has 0 bridgehead atoms. The van der Waals surface area contributed by atoms with Gasteiger partial charge in [-0.15, -0.1) is 0 Å². The summed E-state index contributed by atoms with van der Waals surface area (Å²) in [6.07, 6.45) is 4.97. The number of benzene rings is 1. The van der Waals surface area contributed by atoms with Crippen molar-refractivity contribution in [2.45, 2.75) is 49.0 Å². The molecule has 3 atom stereocenters. The normalized spacial score (nSPS) is 27.8. The van der Waals surface area contributed by atoms with Crippen LogP contribution in [0.25, 0.3) is 0 Å². The molecule has 0 saturated carbocycles. The number of hydrogen-bond acceptors (Lipinski definition) is 2. The molecule has 0 N–H and O–H groups in total. The van der Waals surface area contributed by atoms with Gasteiger partial charge in [0.15, 0.2) is 4.93 Å². The van der Waals surface area contributed by atoms with Gasteiger partial charge in [-0.3, -0.25) is 4.21 Å². The zero-order valence-electron chi connectivity index (χ0n) is 11.0. The van der Waals surface area contributed by atoms with E-state index >= 15 is 0 Å². The summed E-state index contributed by atoms with van der Waals surface area (Å²) in [5.74, 6) is 0. The summed E-state index contributed by atoms with van der Waals surface area (Å²) in [6.45, 7) is 7.97. The zero-order chi connectivity index (χ0) is 13.2. The van der Waals surface area contributed by atoms with Crippen LogP contribution in [0.15, 0.2) is 41.8 Å². The SMILES string of the molecule is C=C[C@]1(S(=O)c2ccc(C)cc2)O[C@@H]1CCCC. The smallest absolute Gasteiger partial charge is 0.191 e. The fourth-order valence-corrected chi connectivity index (χ4v) is 3.57. The number of aryl methyl sites for hydroxylation is 1. The Labute approximate surface area is 112 Å². The molecule has 98 valence electrons. The van der Waals surface area contributed by atoms with E-state index in [0.717, 1.165) is 24.2 Å². The van der Waals surface area contributed by atoms with Crippen LogP contribution in [0, 0.1) is 6.92 Å². The lowest BCUT2D eigenvalue weighted by molar-refractivity contribution is 0.362. The molecule has 1 aliphatic heterocycles. The molecular formula is C15H20O2S. The average Bonchev–Trinajstić information content (AvgIpc) is 3.11. The second kappa shape index (κ2) is 5.37. The van der Waals surface area contributed by atoms with E-state index in [4.69, 9.17) is 4.74 Å². The number of hydrogen-bond donors (Lipinski definition) is 0. The lowest BCUT2D eigenvalue weighted by atomic mass is 10.1. The first kappa shape index (κ1) is 13.5. The van der Waals surface area contributed by atoms with Gasteiger partial charge in [0.1, 0.15) is 6.10 Å². The lowest BCUT2D eigenvalue weighted by Gasteiger charge is -2.08. The van der Waals surface area contributed by atoms with Crippen molar-refractivity contribution < 1.29 is 8.95 Å². The molecule has 2 nitrogen and oxygen atoms in total. The summed E-state index contributed by atoms with van der Waals surface area (Å²) in [4.78, 5) is 0.171. The Morgan fingerprint density at radius 1 is 1.44 bits per heavy atom. The first-order valence-electron chi connectivity index (χ1n) is 6.44. The molecular weight excluding hydrogens is 244 g/mol. The van der Waals surface area contributed by atoms with Gasteiger partial charge in [0, 0.05) is 4.90 Å². The molecule has 1 aliphatic rings. The molecule has 1 fully saturated rings. The maximum absolute atomic E-state index is 12.6. The van der Waals surface area contributed by atoms with Crippen molar-refractivity contribution in [2.75, 3.05) is 0 Å². The number of rotatable bonds is 6. The predicted molar refractivity (Wildman–Crippen MR) is 74.9 cm³/mol. The molecule has 0 aromatic heterocycles. The van der Waals surface area contributed by atoms with Crippen molar-refractivity contribution >= 4 is 10.8 Å². The summed E-state index contributed by atoms with van der Waals surface area (Å²) in [6, 6.07) is 7.78. The Morgan fingerprint density at radius 3 is 2.67 bits per heavy atom. The van der Waals surface area contributed by atoms with Gasteiger partial charge in [-0.1, -0.05) is 44.0 Å².